The van der Waals surface area contributed by atoms with E-state index in [0.29, 0.717) is 32.4 Å². The number of ether oxygens (including phenoxy) is 1. The first-order chi connectivity index (χ1) is 16.3. The number of fused-ring (bicyclic) bond motifs is 2. The minimum absolute atomic E-state index is 0.100. The maximum absolute atomic E-state index is 13.6. The number of methoxy groups -OCH3 is 1. The number of carbonyl (C=O) groups is 3. The minimum Gasteiger partial charge on any atom is -0.465 e. The Morgan fingerprint density at radius 2 is 1.74 bits per heavy atom. The first-order valence-corrected chi connectivity index (χ1v) is 11.4. The molecule has 2 atom stereocenters. The highest BCUT2D eigenvalue weighted by molar-refractivity contribution is 6.31. The normalized spacial score (nSPS) is 21.1. The van der Waals surface area contributed by atoms with E-state index >= 15 is 0 Å². The van der Waals surface area contributed by atoms with Crippen molar-refractivity contribution in [3.63, 3.8) is 0 Å². The summed E-state index contributed by atoms with van der Waals surface area (Å²) < 4.78 is 4.76. The van der Waals surface area contributed by atoms with Gasteiger partial charge in [0.1, 0.15) is 5.41 Å². The van der Waals surface area contributed by atoms with Crippen LogP contribution >= 0.6 is 23.2 Å². The van der Waals surface area contributed by atoms with E-state index in [2.05, 4.69) is 5.32 Å². The number of esters is 1. The van der Waals surface area contributed by atoms with Crippen LogP contribution < -0.4 is 5.32 Å². The number of nitrogens with one attached hydrogen (secondary N) is 1. The van der Waals surface area contributed by atoms with Crippen LogP contribution in [0, 0.1) is 0 Å². The van der Waals surface area contributed by atoms with Crippen molar-refractivity contribution in [2.45, 2.75) is 17.8 Å². The molecule has 0 aromatic heterocycles. The summed E-state index contributed by atoms with van der Waals surface area (Å²) in [5.74, 6) is -1.25. The van der Waals surface area contributed by atoms with Gasteiger partial charge >= 0.3 is 5.97 Å². The quantitative estimate of drug-likeness (QED) is 0.469. The first kappa shape index (κ1) is 22.4. The Morgan fingerprint density at radius 1 is 1.00 bits per heavy atom. The van der Waals surface area contributed by atoms with Gasteiger partial charge in [-0.25, -0.2) is 4.79 Å². The molecule has 1 spiro atoms. The van der Waals surface area contributed by atoms with Crippen LogP contribution in [0.2, 0.25) is 10.0 Å². The van der Waals surface area contributed by atoms with Crippen molar-refractivity contribution in [1.82, 2.24) is 0 Å². The lowest BCUT2D eigenvalue weighted by molar-refractivity contribution is -0.121. The van der Waals surface area contributed by atoms with E-state index < -0.39 is 17.3 Å². The Kier molecular flexibility index (Phi) is 5.54. The molecule has 0 fully saturated rings. The monoisotopic (exact) mass is 491 g/mol. The third-order valence-corrected chi connectivity index (χ3v) is 7.00. The summed E-state index contributed by atoms with van der Waals surface area (Å²) in [6, 6.07) is 19.1. The standard InChI is InChI=1S/C27H19Cl2NO4/c1-34-25(32)16-7-5-15(6-8-16)20-14-27(21-10-9-19(29)12-23(21)30-26(27)33)22(13-24(20)31)17-3-2-4-18(28)11-17/h2-12,14,22H,13H2,1H3,(H,30,33)/t22-,27-/m0/s1. The van der Waals surface area contributed by atoms with E-state index in [1.54, 1.807) is 54.6 Å². The molecule has 0 unspecified atom stereocenters. The second-order valence-electron chi connectivity index (χ2n) is 8.37. The van der Waals surface area contributed by atoms with Gasteiger partial charge in [0.2, 0.25) is 5.91 Å². The van der Waals surface area contributed by atoms with E-state index in [1.165, 1.54) is 7.11 Å². The zero-order valence-corrected chi connectivity index (χ0v) is 19.6. The van der Waals surface area contributed by atoms with Crippen molar-refractivity contribution in [2.75, 3.05) is 12.4 Å². The lowest BCUT2D eigenvalue weighted by Crippen LogP contribution is -2.43. The lowest BCUT2D eigenvalue weighted by Gasteiger charge is -2.38. The Bertz CT molecular complexity index is 1380. The van der Waals surface area contributed by atoms with Gasteiger partial charge in [0.05, 0.1) is 12.7 Å². The molecule has 0 bridgehead atoms. The third kappa shape index (κ3) is 3.52. The zero-order chi connectivity index (χ0) is 24.0. The number of carbonyl (C=O) groups excluding carboxylic acids is 3. The van der Waals surface area contributed by atoms with Crippen LogP contribution in [0.4, 0.5) is 5.69 Å². The van der Waals surface area contributed by atoms with Crippen molar-refractivity contribution in [3.05, 3.63) is 105 Å². The molecular formula is C27H19Cl2NO4. The average Bonchev–Trinajstić information content (AvgIpc) is 3.10. The van der Waals surface area contributed by atoms with Crippen molar-refractivity contribution >= 4 is 52.1 Å². The number of rotatable bonds is 3. The third-order valence-electron chi connectivity index (χ3n) is 6.53. The van der Waals surface area contributed by atoms with Gasteiger partial charge in [-0.3, -0.25) is 9.59 Å². The predicted octanol–water partition coefficient (Wildman–Crippen LogP) is 5.81. The number of amides is 1. The number of ketones is 1. The van der Waals surface area contributed by atoms with Crippen molar-refractivity contribution in [3.8, 4) is 0 Å². The summed E-state index contributed by atoms with van der Waals surface area (Å²) in [6.45, 7) is 0. The van der Waals surface area contributed by atoms with Gasteiger partial charge in [-0.15, -0.1) is 0 Å². The maximum Gasteiger partial charge on any atom is 0.337 e. The largest absolute Gasteiger partial charge is 0.465 e. The fourth-order valence-corrected chi connectivity index (χ4v) is 5.31. The van der Waals surface area contributed by atoms with Gasteiger partial charge in [0.15, 0.2) is 5.78 Å². The molecule has 1 aliphatic carbocycles. The van der Waals surface area contributed by atoms with Gasteiger partial charge in [0, 0.05) is 33.6 Å². The van der Waals surface area contributed by atoms with Gasteiger partial charge in [-0.05, 0) is 53.1 Å². The summed E-state index contributed by atoms with van der Waals surface area (Å²) in [6.07, 6.45) is 1.87. The topological polar surface area (TPSA) is 72.5 Å². The Hall–Kier alpha value is -3.41. The van der Waals surface area contributed by atoms with Crippen LogP contribution in [0.15, 0.2) is 72.8 Å². The number of allylic oxidation sites excluding steroid dienone is 1. The molecule has 3 aromatic rings. The molecule has 1 heterocycles. The molecule has 0 saturated heterocycles. The summed E-state index contributed by atoms with van der Waals surface area (Å²) in [5, 5.41) is 3.99. The fourth-order valence-electron chi connectivity index (χ4n) is 4.94. The number of hydrogen-bond acceptors (Lipinski definition) is 4. The molecule has 2 aliphatic rings. The van der Waals surface area contributed by atoms with Crippen LogP contribution in [-0.4, -0.2) is 24.8 Å². The fraction of sp³-hybridized carbons (Fsp3) is 0.148. The van der Waals surface area contributed by atoms with E-state index in [0.717, 1.165) is 11.1 Å². The van der Waals surface area contributed by atoms with Gasteiger partial charge in [-0.1, -0.05) is 59.6 Å². The molecule has 1 aliphatic heterocycles. The predicted molar refractivity (Wildman–Crippen MR) is 131 cm³/mol. The van der Waals surface area contributed by atoms with Gasteiger partial charge in [-0.2, -0.15) is 0 Å². The van der Waals surface area contributed by atoms with E-state index in [9.17, 15) is 14.4 Å². The van der Waals surface area contributed by atoms with E-state index in [-0.39, 0.29) is 18.1 Å². The second kappa shape index (κ2) is 8.42. The number of hydrogen-bond donors (Lipinski definition) is 1. The van der Waals surface area contributed by atoms with Crippen molar-refractivity contribution < 1.29 is 19.1 Å². The van der Waals surface area contributed by atoms with Crippen molar-refractivity contribution in [2.24, 2.45) is 0 Å². The molecule has 0 radical (unpaired) electrons. The van der Waals surface area contributed by atoms with Gasteiger partial charge < -0.3 is 10.1 Å². The van der Waals surface area contributed by atoms with E-state index in [1.807, 2.05) is 18.2 Å². The van der Waals surface area contributed by atoms with Gasteiger partial charge in [0.25, 0.3) is 0 Å². The Labute approximate surface area is 206 Å². The molecule has 3 aromatic carbocycles. The molecule has 7 heteroatoms. The molecule has 5 rings (SSSR count). The van der Waals surface area contributed by atoms with Crippen LogP contribution in [0.3, 0.4) is 0 Å². The average molecular weight is 492 g/mol. The number of halogens is 2. The zero-order valence-electron chi connectivity index (χ0n) is 18.1. The van der Waals surface area contributed by atoms with Crippen LogP contribution in [-0.2, 0) is 19.7 Å². The van der Waals surface area contributed by atoms with E-state index in [4.69, 9.17) is 27.9 Å². The minimum atomic E-state index is -1.13. The SMILES string of the molecule is COC(=O)c1ccc(C2=C[C@@]3(C(=O)Nc4cc(Cl)ccc43)[C@H](c3cccc(Cl)c3)CC2=O)cc1. The number of anilines is 1. The summed E-state index contributed by atoms with van der Waals surface area (Å²) in [7, 11) is 1.31. The molecule has 1 amide bonds. The second-order valence-corrected chi connectivity index (χ2v) is 9.25. The van der Waals surface area contributed by atoms with Crippen LogP contribution in [0.1, 0.15) is 39.4 Å². The molecule has 0 saturated carbocycles. The molecule has 5 nitrogen and oxygen atoms in total. The lowest BCUT2D eigenvalue weighted by atomic mass is 9.61. The van der Waals surface area contributed by atoms with Crippen molar-refractivity contribution in [1.29, 1.82) is 0 Å². The molecule has 1 N–H and O–H groups in total. The number of benzene rings is 3. The molecule has 170 valence electrons. The highest BCUT2D eigenvalue weighted by Gasteiger charge is 2.54. The summed E-state index contributed by atoms with van der Waals surface area (Å²) in [5.41, 5.74) is 2.47. The molecule has 34 heavy (non-hydrogen) atoms. The first-order valence-electron chi connectivity index (χ1n) is 10.6. The summed E-state index contributed by atoms with van der Waals surface area (Å²) in [4.78, 5) is 38.9. The maximum atomic E-state index is 13.6. The highest BCUT2D eigenvalue weighted by Crippen LogP contribution is 2.54. The Morgan fingerprint density at radius 3 is 2.44 bits per heavy atom. The smallest absolute Gasteiger partial charge is 0.337 e. The van der Waals surface area contributed by atoms with Crippen LogP contribution in [0.25, 0.3) is 5.57 Å². The van der Waals surface area contributed by atoms with Crippen LogP contribution in [0.5, 0.6) is 0 Å². The highest BCUT2D eigenvalue weighted by atomic mass is 35.5. The molecular weight excluding hydrogens is 473 g/mol. The number of Topliss-reactive ketones (excluding diaryl/α,β-unsaturated/α-hetero) is 1. The summed E-state index contributed by atoms with van der Waals surface area (Å²) >= 11 is 12.5. The Balaban J connectivity index is 1.72.